The van der Waals surface area contributed by atoms with Crippen LogP contribution in [0.25, 0.3) is 16.3 Å². The number of nitrogens with one attached hydrogen (secondary N) is 1. The Hall–Kier alpha value is -2.96. The molecule has 0 bridgehead atoms. The van der Waals surface area contributed by atoms with E-state index in [0.717, 1.165) is 27.5 Å². The third-order valence-corrected chi connectivity index (χ3v) is 5.40. The Morgan fingerprint density at radius 1 is 1.11 bits per heavy atom. The van der Waals surface area contributed by atoms with Crippen LogP contribution in [0.4, 0.5) is 0 Å². The molecule has 0 unspecified atom stereocenters. The molecule has 5 nitrogen and oxygen atoms in total. The van der Waals surface area contributed by atoms with Gasteiger partial charge in [0.15, 0.2) is 0 Å². The van der Waals surface area contributed by atoms with Gasteiger partial charge >= 0.3 is 0 Å². The summed E-state index contributed by atoms with van der Waals surface area (Å²) >= 11 is 7.70. The highest BCUT2D eigenvalue weighted by Gasteiger charge is 2.11. The zero-order valence-electron chi connectivity index (χ0n) is 14.9. The van der Waals surface area contributed by atoms with Crippen LogP contribution in [0.3, 0.4) is 0 Å². The van der Waals surface area contributed by atoms with Gasteiger partial charge in [0.25, 0.3) is 0 Å². The van der Waals surface area contributed by atoms with Crippen LogP contribution < -0.4 is 5.32 Å². The minimum absolute atomic E-state index is 0.0801. The Bertz CT molecular complexity index is 1090. The molecule has 4 rings (SSSR count). The molecular weight excluding hydrogens is 392 g/mol. The molecule has 0 spiro atoms. The summed E-state index contributed by atoms with van der Waals surface area (Å²) in [6.45, 7) is 0.424. The monoisotopic (exact) mass is 408 g/mol. The van der Waals surface area contributed by atoms with Crippen molar-refractivity contribution in [3.63, 3.8) is 0 Å². The van der Waals surface area contributed by atoms with E-state index >= 15 is 0 Å². The van der Waals surface area contributed by atoms with Gasteiger partial charge in [-0.05, 0) is 18.2 Å². The summed E-state index contributed by atoms with van der Waals surface area (Å²) in [7, 11) is 0. The molecule has 28 heavy (non-hydrogen) atoms. The lowest BCUT2D eigenvalue weighted by molar-refractivity contribution is -0.120. The van der Waals surface area contributed by atoms with Crippen LogP contribution in [0.15, 0.2) is 72.4 Å². The molecule has 0 aliphatic carbocycles. The molecule has 2 aromatic heterocycles. The van der Waals surface area contributed by atoms with Crippen molar-refractivity contribution in [2.45, 2.75) is 13.0 Å². The highest BCUT2D eigenvalue weighted by molar-refractivity contribution is 7.13. The van der Waals surface area contributed by atoms with E-state index in [9.17, 15) is 4.79 Å². The summed E-state index contributed by atoms with van der Waals surface area (Å²) in [5.41, 5.74) is 3.54. The molecule has 0 saturated carbocycles. The smallest absolute Gasteiger partial charge is 0.226 e. The van der Waals surface area contributed by atoms with Gasteiger partial charge in [-0.3, -0.25) is 4.79 Å². The first-order valence-electron chi connectivity index (χ1n) is 8.74. The fourth-order valence-electron chi connectivity index (χ4n) is 2.75. The van der Waals surface area contributed by atoms with E-state index in [0.29, 0.717) is 11.6 Å². The largest absolute Gasteiger partial charge is 0.352 e. The average molecular weight is 409 g/mol. The van der Waals surface area contributed by atoms with Gasteiger partial charge in [-0.25, -0.2) is 9.67 Å². The van der Waals surface area contributed by atoms with Crippen molar-refractivity contribution in [2.24, 2.45) is 0 Å². The van der Waals surface area contributed by atoms with Crippen LogP contribution in [0.2, 0.25) is 5.02 Å². The molecule has 2 aromatic carbocycles. The number of para-hydroxylation sites is 1. The number of hydrogen-bond donors (Lipinski definition) is 1. The molecule has 7 heteroatoms. The van der Waals surface area contributed by atoms with E-state index in [1.807, 2.05) is 66.2 Å². The maximum atomic E-state index is 12.3. The standard InChI is InChI=1S/C21H17ClN4OS/c22-19-9-5-4-8-18(19)21-25-16(14-28-21)10-20(27)23-11-15-12-24-26(13-15)17-6-2-1-3-7-17/h1-9,12-14H,10-11H2,(H,23,27). The SMILES string of the molecule is O=C(Cc1csc(-c2ccccc2Cl)n1)NCc1cnn(-c2ccccc2)c1. The van der Waals surface area contributed by atoms with E-state index in [1.54, 1.807) is 10.9 Å². The van der Waals surface area contributed by atoms with Crippen LogP contribution >= 0.6 is 22.9 Å². The molecule has 4 aromatic rings. The second-order valence-corrected chi connectivity index (χ2v) is 7.47. The second kappa shape index (κ2) is 8.37. The normalized spacial score (nSPS) is 10.8. The number of thiazole rings is 1. The number of carbonyl (C=O) groups excluding carboxylic acids is 1. The van der Waals surface area contributed by atoms with Crippen molar-refractivity contribution in [2.75, 3.05) is 0 Å². The zero-order chi connectivity index (χ0) is 19.3. The van der Waals surface area contributed by atoms with E-state index in [1.165, 1.54) is 11.3 Å². The second-order valence-electron chi connectivity index (χ2n) is 6.21. The molecule has 0 saturated heterocycles. The van der Waals surface area contributed by atoms with E-state index in [2.05, 4.69) is 15.4 Å². The quantitative estimate of drug-likeness (QED) is 0.510. The van der Waals surface area contributed by atoms with E-state index < -0.39 is 0 Å². The number of aromatic nitrogens is 3. The molecule has 0 atom stereocenters. The Labute approximate surface area is 171 Å². The zero-order valence-corrected chi connectivity index (χ0v) is 16.5. The summed E-state index contributed by atoms with van der Waals surface area (Å²) in [6, 6.07) is 17.4. The maximum Gasteiger partial charge on any atom is 0.226 e. The summed E-state index contributed by atoms with van der Waals surface area (Å²) < 4.78 is 1.79. The molecule has 2 heterocycles. The Balaban J connectivity index is 1.34. The van der Waals surface area contributed by atoms with Crippen LogP contribution in [-0.2, 0) is 17.8 Å². The fraction of sp³-hybridized carbons (Fsp3) is 0.0952. The van der Waals surface area contributed by atoms with Gasteiger partial charge in [-0.1, -0.05) is 48.0 Å². The number of rotatable bonds is 6. The Morgan fingerprint density at radius 3 is 2.71 bits per heavy atom. The van der Waals surface area contributed by atoms with E-state index in [-0.39, 0.29) is 12.3 Å². The molecule has 0 fully saturated rings. The van der Waals surface area contributed by atoms with Gasteiger partial charge in [0, 0.05) is 29.2 Å². The minimum atomic E-state index is -0.0801. The number of carbonyl (C=O) groups is 1. The number of amides is 1. The molecule has 1 amide bonds. The molecule has 0 aliphatic rings. The Morgan fingerprint density at radius 2 is 1.89 bits per heavy atom. The summed E-state index contributed by atoms with van der Waals surface area (Å²) in [5, 5.41) is 10.6. The predicted octanol–water partition coefficient (Wildman–Crippen LogP) is 4.51. The van der Waals surface area contributed by atoms with Gasteiger partial charge in [-0.2, -0.15) is 5.10 Å². The first-order chi connectivity index (χ1) is 13.7. The van der Waals surface area contributed by atoms with Gasteiger partial charge in [-0.15, -0.1) is 11.3 Å². The fourth-order valence-corrected chi connectivity index (χ4v) is 3.89. The maximum absolute atomic E-state index is 12.3. The average Bonchev–Trinajstić information content (AvgIpc) is 3.37. The number of halogens is 1. The van der Waals surface area contributed by atoms with Crippen molar-refractivity contribution in [3.05, 3.63) is 88.7 Å². The number of benzene rings is 2. The van der Waals surface area contributed by atoms with Crippen LogP contribution in [0, 0.1) is 0 Å². The highest BCUT2D eigenvalue weighted by atomic mass is 35.5. The highest BCUT2D eigenvalue weighted by Crippen LogP contribution is 2.30. The first kappa shape index (κ1) is 18.4. The lowest BCUT2D eigenvalue weighted by Crippen LogP contribution is -2.24. The van der Waals surface area contributed by atoms with Crippen LogP contribution in [0.5, 0.6) is 0 Å². The molecule has 140 valence electrons. The van der Waals surface area contributed by atoms with E-state index in [4.69, 9.17) is 11.6 Å². The van der Waals surface area contributed by atoms with Gasteiger partial charge in [0.1, 0.15) is 5.01 Å². The topological polar surface area (TPSA) is 59.8 Å². The van der Waals surface area contributed by atoms with Crippen LogP contribution in [-0.4, -0.2) is 20.7 Å². The van der Waals surface area contributed by atoms with Crippen molar-refractivity contribution < 1.29 is 4.79 Å². The summed E-state index contributed by atoms with van der Waals surface area (Å²) in [4.78, 5) is 16.8. The van der Waals surface area contributed by atoms with Crippen molar-refractivity contribution >= 4 is 28.8 Å². The number of hydrogen-bond acceptors (Lipinski definition) is 4. The van der Waals surface area contributed by atoms with Crippen LogP contribution in [0.1, 0.15) is 11.3 Å². The lowest BCUT2D eigenvalue weighted by atomic mass is 10.2. The van der Waals surface area contributed by atoms with Crippen molar-refractivity contribution in [1.29, 1.82) is 0 Å². The summed E-state index contributed by atoms with van der Waals surface area (Å²) in [5.74, 6) is -0.0801. The summed E-state index contributed by atoms with van der Waals surface area (Å²) in [6.07, 6.45) is 3.90. The third-order valence-electron chi connectivity index (χ3n) is 4.14. The molecule has 0 aliphatic heterocycles. The lowest BCUT2D eigenvalue weighted by Gasteiger charge is -2.02. The third kappa shape index (κ3) is 4.30. The first-order valence-corrected chi connectivity index (χ1v) is 10.00. The minimum Gasteiger partial charge on any atom is -0.352 e. The van der Waals surface area contributed by atoms with Crippen molar-refractivity contribution in [1.82, 2.24) is 20.1 Å². The Kier molecular flexibility index (Phi) is 5.50. The molecule has 0 radical (unpaired) electrons. The van der Waals surface area contributed by atoms with Gasteiger partial charge < -0.3 is 5.32 Å². The van der Waals surface area contributed by atoms with Gasteiger partial charge in [0.05, 0.1) is 29.0 Å². The predicted molar refractivity (Wildman–Crippen MR) is 112 cm³/mol. The molecule has 1 N–H and O–H groups in total. The van der Waals surface area contributed by atoms with Crippen molar-refractivity contribution in [3.8, 4) is 16.3 Å². The molecular formula is C21H17ClN4OS. The number of nitrogens with zero attached hydrogens (tertiary/aromatic N) is 3. The van der Waals surface area contributed by atoms with Gasteiger partial charge in [0.2, 0.25) is 5.91 Å².